The second-order valence-corrected chi connectivity index (χ2v) is 11.5. The molecule has 0 aromatic carbocycles. The Morgan fingerprint density at radius 2 is 1.72 bits per heavy atom. The molecule has 9 nitrogen and oxygen atoms in total. The maximum absolute atomic E-state index is 13.1. The summed E-state index contributed by atoms with van der Waals surface area (Å²) < 4.78 is 36.6. The standard InChI is InChI=1S/C32H38F2N4O5/c1-18(2)30(39)42-20(4)43-31(40)21-6-9-24(10-7-21)32(5,41)26-11-8-23(17-36-26)25-14-19(3)15-28(37-25)38-27-16-22(29(33)34)12-13-35-27/h8,11-18,20-21,24,29,41H,6-7,9-10H2,1-5H3,(H,35,37,38)/t20?,21-,24-,32?. The van der Waals surface area contributed by atoms with Crippen LogP contribution in [0.5, 0.6) is 0 Å². The van der Waals surface area contributed by atoms with E-state index < -0.39 is 30.3 Å². The van der Waals surface area contributed by atoms with Gasteiger partial charge in [0, 0.05) is 30.4 Å². The van der Waals surface area contributed by atoms with Gasteiger partial charge in [-0.2, -0.15) is 0 Å². The van der Waals surface area contributed by atoms with Crippen LogP contribution < -0.4 is 5.32 Å². The first-order chi connectivity index (χ1) is 20.3. The number of aliphatic hydroxyl groups is 1. The van der Waals surface area contributed by atoms with Crippen LogP contribution in [0.25, 0.3) is 11.3 Å². The van der Waals surface area contributed by atoms with Crippen molar-refractivity contribution in [2.75, 3.05) is 5.32 Å². The third-order valence-corrected chi connectivity index (χ3v) is 7.73. The summed E-state index contributed by atoms with van der Waals surface area (Å²) in [6.07, 6.45) is 1.70. The largest absolute Gasteiger partial charge is 0.425 e. The number of hydrogen-bond acceptors (Lipinski definition) is 9. The molecule has 0 aliphatic heterocycles. The van der Waals surface area contributed by atoms with Gasteiger partial charge in [-0.1, -0.05) is 13.8 Å². The predicted octanol–water partition coefficient (Wildman–Crippen LogP) is 6.63. The van der Waals surface area contributed by atoms with E-state index in [1.807, 2.05) is 19.1 Å². The molecule has 2 N–H and O–H groups in total. The van der Waals surface area contributed by atoms with Gasteiger partial charge >= 0.3 is 11.9 Å². The topological polar surface area (TPSA) is 124 Å². The van der Waals surface area contributed by atoms with Crippen molar-refractivity contribution in [2.45, 2.75) is 78.6 Å². The summed E-state index contributed by atoms with van der Waals surface area (Å²) in [5.41, 5.74) is 1.40. The van der Waals surface area contributed by atoms with Crippen molar-refractivity contribution < 1.29 is 33.0 Å². The fourth-order valence-corrected chi connectivity index (χ4v) is 5.19. The average molecular weight is 597 g/mol. The molecule has 0 bridgehead atoms. The van der Waals surface area contributed by atoms with E-state index in [-0.39, 0.29) is 29.1 Å². The minimum Gasteiger partial charge on any atom is -0.425 e. The molecule has 1 fully saturated rings. The SMILES string of the molecule is Cc1cc(Nc2cc(C(F)F)ccn2)nc(-c2ccc(C(C)(O)[C@H]3CC[C@H](C(=O)OC(C)OC(=O)C(C)C)CC3)nc2)c1. The molecule has 2 unspecified atom stereocenters. The van der Waals surface area contributed by atoms with Crippen LogP contribution in [-0.4, -0.2) is 38.3 Å². The minimum absolute atomic E-state index is 0.115. The molecule has 1 saturated carbocycles. The molecule has 3 aromatic rings. The highest BCUT2D eigenvalue weighted by molar-refractivity contribution is 5.74. The molecule has 1 aliphatic rings. The van der Waals surface area contributed by atoms with E-state index in [0.29, 0.717) is 42.9 Å². The Labute approximate surface area is 250 Å². The molecule has 3 heterocycles. The van der Waals surface area contributed by atoms with E-state index in [2.05, 4.69) is 20.3 Å². The van der Waals surface area contributed by atoms with Gasteiger partial charge in [0.1, 0.15) is 17.2 Å². The number of esters is 2. The lowest BCUT2D eigenvalue weighted by Gasteiger charge is -2.37. The Morgan fingerprint density at radius 1 is 1.00 bits per heavy atom. The van der Waals surface area contributed by atoms with Crippen molar-refractivity contribution in [3.63, 3.8) is 0 Å². The van der Waals surface area contributed by atoms with Gasteiger partial charge in [0.2, 0.25) is 6.29 Å². The number of pyridine rings is 3. The van der Waals surface area contributed by atoms with E-state index >= 15 is 0 Å². The van der Waals surface area contributed by atoms with Crippen molar-refractivity contribution in [1.82, 2.24) is 15.0 Å². The first-order valence-corrected chi connectivity index (χ1v) is 14.4. The maximum Gasteiger partial charge on any atom is 0.311 e. The number of carbonyl (C=O) groups excluding carboxylic acids is 2. The summed E-state index contributed by atoms with van der Waals surface area (Å²) in [4.78, 5) is 37.7. The third-order valence-electron chi connectivity index (χ3n) is 7.73. The second-order valence-electron chi connectivity index (χ2n) is 11.5. The van der Waals surface area contributed by atoms with Crippen molar-refractivity contribution in [2.24, 2.45) is 17.8 Å². The van der Waals surface area contributed by atoms with E-state index in [4.69, 9.17) is 9.47 Å². The van der Waals surface area contributed by atoms with Gasteiger partial charge in [0.25, 0.3) is 6.43 Å². The summed E-state index contributed by atoms with van der Waals surface area (Å²) in [5.74, 6) is -0.870. The normalized spacial score (nSPS) is 19.0. The smallest absolute Gasteiger partial charge is 0.311 e. The predicted molar refractivity (Wildman–Crippen MR) is 156 cm³/mol. The number of rotatable bonds is 10. The quantitative estimate of drug-likeness (QED) is 0.196. The Morgan fingerprint density at radius 3 is 2.35 bits per heavy atom. The number of hydrogen-bond donors (Lipinski definition) is 2. The zero-order chi connectivity index (χ0) is 31.3. The first kappa shape index (κ1) is 31.9. The Bertz CT molecular complexity index is 1420. The van der Waals surface area contributed by atoms with Crippen molar-refractivity contribution >= 4 is 23.6 Å². The van der Waals surface area contributed by atoms with E-state index in [1.165, 1.54) is 25.3 Å². The first-order valence-electron chi connectivity index (χ1n) is 14.4. The summed E-state index contributed by atoms with van der Waals surface area (Å²) in [5, 5.41) is 14.5. The summed E-state index contributed by atoms with van der Waals surface area (Å²) in [7, 11) is 0. The fraction of sp³-hybridized carbons (Fsp3) is 0.469. The van der Waals surface area contributed by atoms with E-state index in [9.17, 15) is 23.5 Å². The van der Waals surface area contributed by atoms with Gasteiger partial charge in [-0.05, 0) is 87.4 Å². The molecule has 1 aliphatic carbocycles. The van der Waals surface area contributed by atoms with Gasteiger partial charge in [-0.15, -0.1) is 0 Å². The molecular weight excluding hydrogens is 558 g/mol. The minimum atomic E-state index is -2.60. The third kappa shape index (κ3) is 8.10. The van der Waals surface area contributed by atoms with E-state index in [0.717, 1.165) is 11.1 Å². The molecule has 3 aromatic heterocycles. The number of nitrogens with one attached hydrogen (secondary N) is 1. The van der Waals surface area contributed by atoms with Crippen LogP contribution in [0.4, 0.5) is 20.4 Å². The number of aryl methyl sites for hydroxylation is 1. The Kier molecular flexibility index (Phi) is 10.1. The van der Waals surface area contributed by atoms with Gasteiger partial charge < -0.3 is 19.9 Å². The van der Waals surface area contributed by atoms with Gasteiger partial charge in [-0.3, -0.25) is 14.6 Å². The van der Waals surface area contributed by atoms with Crippen LogP contribution in [0.15, 0.2) is 48.8 Å². The number of nitrogens with zero attached hydrogens (tertiary/aromatic N) is 3. The molecular formula is C32H38F2N4O5. The summed E-state index contributed by atoms with van der Waals surface area (Å²) >= 11 is 0. The fourth-order valence-electron chi connectivity index (χ4n) is 5.19. The van der Waals surface area contributed by atoms with Gasteiger partial charge in [-0.25, -0.2) is 18.7 Å². The highest BCUT2D eigenvalue weighted by atomic mass is 19.3. The number of halogens is 2. The molecule has 0 amide bonds. The monoisotopic (exact) mass is 596 g/mol. The molecule has 2 atom stereocenters. The van der Waals surface area contributed by atoms with Crippen molar-refractivity contribution in [3.8, 4) is 11.3 Å². The molecule has 11 heteroatoms. The van der Waals surface area contributed by atoms with Crippen LogP contribution in [0.1, 0.15) is 76.6 Å². The number of carbonyl (C=O) groups is 2. The number of alkyl halides is 2. The average Bonchev–Trinajstić information content (AvgIpc) is 2.97. The van der Waals surface area contributed by atoms with Crippen LogP contribution in [-0.2, 0) is 24.7 Å². The zero-order valence-electron chi connectivity index (χ0n) is 25.0. The highest BCUT2D eigenvalue weighted by Gasteiger charge is 2.39. The highest BCUT2D eigenvalue weighted by Crippen LogP contribution is 2.41. The van der Waals surface area contributed by atoms with Crippen LogP contribution in [0.3, 0.4) is 0 Å². The van der Waals surface area contributed by atoms with Crippen molar-refractivity contribution in [3.05, 3.63) is 65.6 Å². The Hall–Kier alpha value is -3.99. The lowest BCUT2D eigenvalue weighted by molar-refractivity contribution is -0.190. The molecule has 0 radical (unpaired) electrons. The summed E-state index contributed by atoms with van der Waals surface area (Å²) in [6, 6.07) is 9.83. The zero-order valence-corrected chi connectivity index (χ0v) is 25.0. The lowest BCUT2D eigenvalue weighted by Crippen LogP contribution is -2.37. The van der Waals surface area contributed by atoms with Crippen LogP contribution in [0, 0.1) is 24.7 Å². The Balaban J connectivity index is 1.39. The van der Waals surface area contributed by atoms with Gasteiger partial charge in [0.15, 0.2) is 0 Å². The molecule has 0 spiro atoms. The number of anilines is 2. The number of ether oxygens (including phenoxy) is 2. The lowest BCUT2D eigenvalue weighted by atomic mass is 9.73. The molecule has 43 heavy (non-hydrogen) atoms. The second kappa shape index (κ2) is 13.5. The van der Waals surface area contributed by atoms with E-state index in [1.54, 1.807) is 39.1 Å². The molecule has 4 rings (SSSR count). The molecule has 230 valence electrons. The van der Waals surface area contributed by atoms with Crippen molar-refractivity contribution in [1.29, 1.82) is 0 Å². The van der Waals surface area contributed by atoms with Crippen LogP contribution in [0.2, 0.25) is 0 Å². The summed E-state index contributed by atoms with van der Waals surface area (Å²) in [6.45, 7) is 8.58. The van der Waals surface area contributed by atoms with Crippen LogP contribution >= 0.6 is 0 Å². The maximum atomic E-state index is 13.1. The number of aromatic nitrogens is 3. The molecule has 0 saturated heterocycles. The van der Waals surface area contributed by atoms with Gasteiger partial charge in [0.05, 0.1) is 23.2 Å².